The molecule has 0 fully saturated rings. The number of hydrogen-bond acceptors (Lipinski definition) is 4. The van der Waals surface area contributed by atoms with Crippen LogP contribution >= 0.6 is 22.6 Å². The van der Waals surface area contributed by atoms with E-state index >= 15 is 0 Å². The molecule has 0 saturated carbocycles. The van der Waals surface area contributed by atoms with Crippen LogP contribution in [-0.4, -0.2) is 50.0 Å². The Hall–Kier alpha value is -2.92. The molecule has 0 bridgehead atoms. The van der Waals surface area contributed by atoms with Gasteiger partial charge in [-0.15, -0.1) is 0 Å². The third-order valence-electron chi connectivity index (χ3n) is 6.54. The first-order valence-corrected chi connectivity index (χ1v) is 15.8. The van der Waals surface area contributed by atoms with E-state index in [1.54, 1.807) is 24.3 Å². The predicted molar refractivity (Wildman–Crippen MR) is 165 cm³/mol. The molecule has 3 rings (SSSR count). The summed E-state index contributed by atoms with van der Waals surface area (Å²) in [5, 5.41) is 3.04. The number of benzene rings is 3. The van der Waals surface area contributed by atoms with Crippen molar-refractivity contribution in [2.45, 2.75) is 52.2 Å². The minimum absolute atomic E-state index is 0.0774. The topological polar surface area (TPSA) is 86.8 Å². The number of anilines is 1. The van der Waals surface area contributed by atoms with E-state index in [1.807, 2.05) is 75.4 Å². The van der Waals surface area contributed by atoms with Crippen LogP contribution in [0.5, 0.6) is 0 Å². The highest BCUT2D eigenvalue weighted by molar-refractivity contribution is 14.1. The van der Waals surface area contributed by atoms with Gasteiger partial charge in [0.1, 0.15) is 12.6 Å². The van der Waals surface area contributed by atoms with E-state index in [0.717, 1.165) is 37.2 Å². The van der Waals surface area contributed by atoms with Crippen molar-refractivity contribution in [3.05, 3.63) is 99.1 Å². The lowest BCUT2D eigenvalue weighted by molar-refractivity contribution is -0.140. The van der Waals surface area contributed by atoms with Gasteiger partial charge in [-0.3, -0.25) is 13.9 Å². The van der Waals surface area contributed by atoms with Crippen molar-refractivity contribution in [2.24, 2.45) is 0 Å². The van der Waals surface area contributed by atoms with E-state index in [0.29, 0.717) is 12.1 Å². The van der Waals surface area contributed by atoms with Gasteiger partial charge in [-0.2, -0.15) is 0 Å². The summed E-state index contributed by atoms with van der Waals surface area (Å²) in [6.07, 6.45) is 2.12. The molecule has 0 aliphatic heterocycles. The van der Waals surface area contributed by atoms with Crippen LogP contribution in [0.4, 0.5) is 5.69 Å². The van der Waals surface area contributed by atoms with Gasteiger partial charge in [0.15, 0.2) is 0 Å². The molecule has 2 amide bonds. The first kappa shape index (κ1) is 30.6. The number of carbonyl (C=O) groups excluding carboxylic acids is 2. The Kier molecular flexibility index (Phi) is 10.9. The maximum Gasteiger partial charge on any atom is 0.244 e. The fourth-order valence-corrected chi connectivity index (χ4v) is 5.32. The summed E-state index contributed by atoms with van der Waals surface area (Å²) >= 11 is 2.14. The summed E-state index contributed by atoms with van der Waals surface area (Å²) in [4.78, 5) is 29.2. The van der Waals surface area contributed by atoms with E-state index in [9.17, 15) is 18.0 Å². The largest absolute Gasteiger partial charge is 0.352 e. The second-order valence-electron chi connectivity index (χ2n) is 9.78. The van der Waals surface area contributed by atoms with Crippen LogP contribution in [0.2, 0.25) is 0 Å². The smallest absolute Gasteiger partial charge is 0.244 e. The number of nitrogens with one attached hydrogen (secondary N) is 1. The summed E-state index contributed by atoms with van der Waals surface area (Å²) in [7, 11) is -3.78. The van der Waals surface area contributed by atoms with E-state index in [1.165, 1.54) is 4.90 Å². The zero-order chi connectivity index (χ0) is 28.6. The predicted octanol–water partition coefficient (Wildman–Crippen LogP) is 4.92. The Morgan fingerprint density at radius 1 is 0.923 bits per heavy atom. The molecular weight excluding hydrogens is 625 g/mol. The molecule has 0 aliphatic rings. The molecule has 1 N–H and O–H groups in total. The van der Waals surface area contributed by atoms with Gasteiger partial charge in [0, 0.05) is 22.6 Å². The molecule has 2 atom stereocenters. The number of rotatable bonds is 12. The molecule has 0 aromatic heterocycles. The third-order valence-corrected chi connectivity index (χ3v) is 8.40. The number of amides is 2. The number of carbonyl (C=O) groups is 2. The fourth-order valence-electron chi connectivity index (χ4n) is 4.11. The average molecular weight is 662 g/mol. The number of nitrogens with zero attached hydrogens (tertiary/aromatic N) is 2. The van der Waals surface area contributed by atoms with Gasteiger partial charge in [-0.1, -0.05) is 67.1 Å². The van der Waals surface area contributed by atoms with Crippen LogP contribution in [0.25, 0.3) is 0 Å². The van der Waals surface area contributed by atoms with Gasteiger partial charge in [-0.05, 0) is 78.3 Å². The summed E-state index contributed by atoms with van der Waals surface area (Å²) < 4.78 is 27.7. The highest BCUT2D eigenvalue weighted by Gasteiger charge is 2.33. The summed E-state index contributed by atoms with van der Waals surface area (Å²) in [5.41, 5.74) is 3.23. The standard InChI is InChI=1S/C30H36IN3O4S/c1-5-23(3)32-30(36)28(19-24-9-7-6-8-10-24)33(20-25-13-11-22(2)12-14-25)29(35)21-34(39(4,37)38)27-17-15-26(31)16-18-27/h6-18,23,28H,5,19-21H2,1-4H3,(H,32,36)/t23-,28+/m1/s1. The molecule has 0 saturated heterocycles. The Labute approximate surface area is 245 Å². The van der Waals surface area contributed by atoms with Crippen molar-refractivity contribution in [1.82, 2.24) is 10.2 Å². The Morgan fingerprint density at radius 2 is 1.54 bits per heavy atom. The maximum atomic E-state index is 14.0. The molecule has 0 spiro atoms. The van der Waals surface area contributed by atoms with Crippen molar-refractivity contribution in [2.75, 3.05) is 17.1 Å². The molecule has 0 aliphatic carbocycles. The van der Waals surface area contributed by atoms with Crippen molar-refractivity contribution < 1.29 is 18.0 Å². The van der Waals surface area contributed by atoms with E-state index in [2.05, 4.69) is 27.9 Å². The highest BCUT2D eigenvalue weighted by atomic mass is 127. The molecule has 208 valence electrons. The molecule has 0 heterocycles. The second-order valence-corrected chi connectivity index (χ2v) is 12.9. The monoisotopic (exact) mass is 661 g/mol. The lowest BCUT2D eigenvalue weighted by atomic mass is 10.0. The minimum atomic E-state index is -3.78. The molecule has 0 radical (unpaired) electrons. The fraction of sp³-hybridized carbons (Fsp3) is 0.333. The Balaban J connectivity index is 2.04. The Morgan fingerprint density at radius 3 is 2.10 bits per heavy atom. The van der Waals surface area contributed by atoms with Gasteiger partial charge < -0.3 is 10.2 Å². The van der Waals surface area contributed by atoms with Crippen LogP contribution in [0.1, 0.15) is 37.0 Å². The van der Waals surface area contributed by atoms with Gasteiger partial charge in [0.05, 0.1) is 11.9 Å². The molecule has 7 nitrogen and oxygen atoms in total. The van der Waals surface area contributed by atoms with E-state index < -0.39 is 28.5 Å². The van der Waals surface area contributed by atoms with E-state index in [-0.39, 0.29) is 18.5 Å². The zero-order valence-corrected chi connectivity index (χ0v) is 25.8. The molecule has 39 heavy (non-hydrogen) atoms. The number of hydrogen-bond donors (Lipinski definition) is 1. The summed E-state index contributed by atoms with van der Waals surface area (Å²) in [5.74, 6) is -0.728. The molecule has 0 unspecified atom stereocenters. The van der Waals surface area contributed by atoms with Crippen LogP contribution in [0.3, 0.4) is 0 Å². The first-order chi connectivity index (χ1) is 18.5. The van der Waals surface area contributed by atoms with Crippen molar-refractivity contribution in [3.63, 3.8) is 0 Å². The SMILES string of the molecule is CC[C@@H](C)NC(=O)[C@H](Cc1ccccc1)N(Cc1ccc(C)cc1)C(=O)CN(c1ccc(I)cc1)S(C)(=O)=O. The Bertz CT molecular complexity index is 1350. The van der Waals surface area contributed by atoms with Crippen LogP contribution in [0.15, 0.2) is 78.9 Å². The maximum absolute atomic E-state index is 14.0. The normalized spacial score (nSPS) is 12.8. The van der Waals surface area contributed by atoms with Crippen molar-refractivity contribution in [1.29, 1.82) is 0 Å². The number of aryl methyl sites for hydroxylation is 1. The molecule has 9 heteroatoms. The number of halogens is 1. The molecule has 3 aromatic carbocycles. The average Bonchev–Trinajstić information content (AvgIpc) is 2.90. The highest BCUT2D eigenvalue weighted by Crippen LogP contribution is 2.21. The third kappa shape index (κ3) is 9.06. The first-order valence-electron chi connectivity index (χ1n) is 12.9. The van der Waals surface area contributed by atoms with Gasteiger partial charge in [-0.25, -0.2) is 8.42 Å². The lowest BCUT2D eigenvalue weighted by Crippen LogP contribution is -2.54. The van der Waals surface area contributed by atoms with Gasteiger partial charge >= 0.3 is 0 Å². The van der Waals surface area contributed by atoms with Gasteiger partial charge in [0.25, 0.3) is 0 Å². The van der Waals surface area contributed by atoms with Crippen molar-refractivity contribution >= 4 is 50.1 Å². The second kappa shape index (κ2) is 13.9. The minimum Gasteiger partial charge on any atom is -0.352 e. The molecular formula is C30H36IN3O4S. The summed E-state index contributed by atoms with van der Waals surface area (Å²) in [6.45, 7) is 5.63. The van der Waals surface area contributed by atoms with Crippen LogP contribution in [-0.2, 0) is 32.6 Å². The molecule has 3 aromatic rings. The summed E-state index contributed by atoms with van der Waals surface area (Å²) in [6, 6.07) is 23.3. The van der Waals surface area contributed by atoms with Crippen LogP contribution in [0, 0.1) is 10.5 Å². The van der Waals surface area contributed by atoms with Crippen LogP contribution < -0.4 is 9.62 Å². The van der Waals surface area contributed by atoms with Gasteiger partial charge in [0.2, 0.25) is 21.8 Å². The number of sulfonamides is 1. The lowest BCUT2D eigenvalue weighted by Gasteiger charge is -2.34. The quantitative estimate of drug-likeness (QED) is 0.280. The van der Waals surface area contributed by atoms with Crippen molar-refractivity contribution in [3.8, 4) is 0 Å². The zero-order valence-electron chi connectivity index (χ0n) is 22.8. The van der Waals surface area contributed by atoms with E-state index in [4.69, 9.17) is 0 Å².